The Kier molecular flexibility index (Phi) is 5.89. The number of hydrogen-bond donors (Lipinski definition) is 1. The van der Waals surface area contributed by atoms with Gasteiger partial charge in [0.05, 0.1) is 13.2 Å². The predicted octanol–water partition coefficient (Wildman–Crippen LogP) is 3.30. The van der Waals surface area contributed by atoms with Crippen LogP contribution in [0, 0.1) is 6.92 Å². The van der Waals surface area contributed by atoms with Gasteiger partial charge in [-0.25, -0.2) is 9.78 Å². The van der Waals surface area contributed by atoms with Crippen LogP contribution in [0.3, 0.4) is 0 Å². The van der Waals surface area contributed by atoms with Gasteiger partial charge < -0.3 is 15.0 Å². The average molecular weight is 462 g/mol. The fourth-order valence-electron chi connectivity index (χ4n) is 3.74. The third-order valence-corrected chi connectivity index (χ3v) is 6.61. The molecule has 3 heterocycles. The maximum Gasteiger partial charge on any atom is 0.349 e. The monoisotopic (exact) mass is 461 g/mol. The van der Waals surface area contributed by atoms with E-state index in [1.807, 2.05) is 61.5 Å². The standard InChI is InChI=1S/C24H23N5O3S/c1-16-7-9-18(10-8-16)25-19(30)15-29-22-21(27-24(33-22)28-11-13-32-14-12-28)20(26-23(29)31)17-5-3-2-4-6-17/h2-10H,11-15H2,1H3,(H,25,30). The Bertz CT molecular complexity index is 1340. The van der Waals surface area contributed by atoms with Crippen LogP contribution in [0.4, 0.5) is 10.8 Å². The zero-order valence-corrected chi connectivity index (χ0v) is 19.0. The van der Waals surface area contributed by atoms with Gasteiger partial charge in [0.2, 0.25) is 5.91 Å². The molecule has 0 aliphatic carbocycles. The molecule has 8 nitrogen and oxygen atoms in total. The van der Waals surface area contributed by atoms with Crippen LogP contribution >= 0.6 is 11.3 Å². The Morgan fingerprint density at radius 3 is 2.52 bits per heavy atom. The van der Waals surface area contributed by atoms with E-state index in [4.69, 9.17) is 9.72 Å². The second kappa shape index (κ2) is 9.13. The lowest BCUT2D eigenvalue weighted by Gasteiger charge is -2.25. The van der Waals surface area contributed by atoms with Crippen molar-refractivity contribution in [3.05, 3.63) is 70.6 Å². The molecule has 2 aromatic heterocycles. The van der Waals surface area contributed by atoms with Gasteiger partial charge in [0, 0.05) is 24.3 Å². The summed E-state index contributed by atoms with van der Waals surface area (Å²) in [6.45, 7) is 4.56. The van der Waals surface area contributed by atoms with E-state index >= 15 is 0 Å². The molecular weight excluding hydrogens is 438 g/mol. The van der Waals surface area contributed by atoms with E-state index in [0.29, 0.717) is 34.9 Å². The van der Waals surface area contributed by atoms with Crippen LogP contribution < -0.4 is 15.9 Å². The molecule has 0 unspecified atom stereocenters. The maximum atomic E-state index is 13.1. The number of aryl methyl sites for hydroxylation is 1. The SMILES string of the molecule is Cc1ccc(NC(=O)Cn2c(=O)nc(-c3ccccc3)c3nc(N4CCOCC4)sc32)cc1. The minimum absolute atomic E-state index is 0.143. The topological polar surface area (TPSA) is 89.3 Å². The molecule has 168 valence electrons. The molecule has 1 N–H and O–H groups in total. The van der Waals surface area contributed by atoms with E-state index < -0.39 is 5.69 Å². The summed E-state index contributed by atoms with van der Waals surface area (Å²) in [5, 5.41) is 3.65. The molecule has 5 rings (SSSR count). The first-order valence-electron chi connectivity index (χ1n) is 10.7. The number of nitrogens with zero attached hydrogens (tertiary/aromatic N) is 4. The third-order valence-electron chi connectivity index (χ3n) is 5.47. The van der Waals surface area contributed by atoms with Crippen LogP contribution in [0.5, 0.6) is 0 Å². The Morgan fingerprint density at radius 1 is 1.06 bits per heavy atom. The Balaban J connectivity index is 1.55. The summed E-state index contributed by atoms with van der Waals surface area (Å²) in [5.74, 6) is -0.294. The van der Waals surface area contributed by atoms with Crippen LogP contribution in [0.2, 0.25) is 0 Å². The number of rotatable bonds is 5. The molecule has 1 fully saturated rings. The largest absolute Gasteiger partial charge is 0.378 e. The van der Waals surface area contributed by atoms with Crippen molar-refractivity contribution in [2.75, 3.05) is 36.5 Å². The molecule has 2 aromatic carbocycles. The van der Waals surface area contributed by atoms with Gasteiger partial charge in [-0.1, -0.05) is 59.4 Å². The predicted molar refractivity (Wildman–Crippen MR) is 130 cm³/mol. The van der Waals surface area contributed by atoms with Gasteiger partial charge >= 0.3 is 5.69 Å². The minimum Gasteiger partial charge on any atom is -0.378 e. The Labute approximate surface area is 194 Å². The zero-order valence-electron chi connectivity index (χ0n) is 18.2. The first kappa shape index (κ1) is 21.3. The summed E-state index contributed by atoms with van der Waals surface area (Å²) in [4.78, 5) is 37.8. The lowest BCUT2D eigenvalue weighted by Crippen LogP contribution is -2.36. The second-order valence-corrected chi connectivity index (χ2v) is 8.81. The van der Waals surface area contributed by atoms with Crippen molar-refractivity contribution in [2.24, 2.45) is 0 Å². The number of aromatic nitrogens is 3. The van der Waals surface area contributed by atoms with Gasteiger partial charge in [0.1, 0.15) is 22.6 Å². The summed E-state index contributed by atoms with van der Waals surface area (Å²) < 4.78 is 6.87. The van der Waals surface area contributed by atoms with Crippen LogP contribution in [0.25, 0.3) is 21.6 Å². The first-order valence-corrected chi connectivity index (χ1v) is 11.6. The van der Waals surface area contributed by atoms with E-state index in [2.05, 4.69) is 15.2 Å². The van der Waals surface area contributed by atoms with Gasteiger partial charge in [-0.3, -0.25) is 9.36 Å². The highest BCUT2D eigenvalue weighted by Crippen LogP contribution is 2.33. The number of thiazole rings is 1. The van der Waals surface area contributed by atoms with Crippen molar-refractivity contribution in [3.8, 4) is 11.3 Å². The zero-order chi connectivity index (χ0) is 22.8. The molecule has 0 saturated carbocycles. The smallest absolute Gasteiger partial charge is 0.349 e. The van der Waals surface area contributed by atoms with Crippen molar-refractivity contribution in [2.45, 2.75) is 13.5 Å². The molecule has 0 spiro atoms. The maximum absolute atomic E-state index is 13.1. The van der Waals surface area contributed by atoms with Crippen molar-refractivity contribution in [1.82, 2.24) is 14.5 Å². The third kappa shape index (κ3) is 4.50. The summed E-state index contributed by atoms with van der Waals surface area (Å²) >= 11 is 1.41. The van der Waals surface area contributed by atoms with Crippen LogP contribution in [-0.2, 0) is 16.1 Å². The van der Waals surface area contributed by atoms with Gasteiger partial charge in [-0.2, -0.15) is 4.98 Å². The lowest BCUT2D eigenvalue weighted by molar-refractivity contribution is -0.116. The number of carbonyl (C=O) groups excluding carboxylic acids is 1. The summed E-state index contributed by atoms with van der Waals surface area (Å²) in [5.41, 5.74) is 3.28. The van der Waals surface area contributed by atoms with Gasteiger partial charge in [0.25, 0.3) is 0 Å². The molecule has 0 atom stereocenters. The number of nitrogens with one attached hydrogen (secondary N) is 1. The molecule has 1 aliphatic rings. The number of amides is 1. The molecule has 9 heteroatoms. The highest BCUT2D eigenvalue weighted by molar-refractivity contribution is 7.22. The lowest BCUT2D eigenvalue weighted by atomic mass is 10.1. The Morgan fingerprint density at radius 2 is 1.79 bits per heavy atom. The number of morpholine rings is 1. The summed E-state index contributed by atoms with van der Waals surface area (Å²) in [7, 11) is 0. The molecule has 0 bridgehead atoms. The number of anilines is 2. The van der Waals surface area contributed by atoms with Crippen molar-refractivity contribution < 1.29 is 9.53 Å². The highest BCUT2D eigenvalue weighted by atomic mass is 32.1. The number of ether oxygens (including phenoxy) is 1. The van der Waals surface area contributed by atoms with Crippen LogP contribution in [-0.4, -0.2) is 46.7 Å². The van der Waals surface area contributed by atoms with Crippen molar-refractivity contribution >= 4 is 38.4 Å². The average Bonchev–Trinajstić information content (AvgIpc) is 3.29. The number of carbonyl (C=O) groups is 1. The molecule has 4 aromatic rings. The van der Waals surface area contributed by atoms with Crippen molar-refractivity contribution in [3.63, 3.8) is 0 Å². The van der Waals surface area contributed by atoms with E-state index in [0.717, 1.165) is 29.3 Å². The normalized spacial score (nSPS) is 13.9. The van der Waals surface area contributed by atoms with Gasteiger partial charge in [-0.05, 0) is 19.1 Å². The molecule has 0 radical (unpaired) electrons. The fraction of sp³-hybridized carbons (Fsp3) is 0.250. The van der Waals surface area contributed by atoms with E-state index in [1.54, 1.807) is 0 Å². The molecule has 33 heavy (non-hydrogen) atoms. The second-order valence-electron chi connectivity index (χ2n) is 7.86. The summed E-state index contributed by atoms with van der Waals surface area (Å²) in [6.07, 6.45) is 0. The fourth-order valence-corrected chi connectivity index (χ4v) is 4.86. The van der Waals surface area contributed by atoms with Crippen LogP contribution in [0.15, 0.2) is 59.4 Å². The van der Waals surface area contributed by atoms with E-state index in [9.17, 15) is 9.59 Å². The minimum atomic E-state index is -0.474. The number of fused-ring (bicyclic) bond motifs is 1. The molecular formula is C24H23N5O3S. The van der Waals surface area contributed by atoms with Gasteiger partial charge in [-0.15, -0.1) is 0 Å². The number of hydrogen-bond acceptors (Lipinski definition) is 7. The van der Waals surface area contributed by atoms with E-state index in [-0.39, 0.29) is 12.5 Å². The number of benzene rings is 2. The van der Waals surface area contributed by atoms with Crippen LogP contribution in [0.1, 0.15) is 5.56 Å². The quantitative estimate of drug-likeness (QED) is 0.491. The molecule has 1 amide bonds. The Hall–Kier alpha value is -3.56. The van der Waals surface area contributed by atoms with Crippen molar-refractivity contribution in [1.29, 1.82) is 0 Å². The highest BCUT2D eigenvalue weighted by Gasteiger charge is 2.22. The molecule has 1 saturated heterocycles. The summed E-state index contributed by atoms with van der Waals surface area (Å²) in [6, 6.07) is 17.1. The first-order chi connectivity index (χ1) is 16.1. The molecule has 1 aliphatic heterocycles. The van der Waals surface area contributed by atoms with E-state index in [1.165, 1.54) is 15.9 Å². The van der Waals surface area contributed by atoms with Gasteiger partial charge in [0.15, 0.2) is 5.13 Å².